The number of pyridine rings is 1. The van der Waals surface area contributed by atoms with Gasteiger partial charge in [-0.1, -0.05) is 31.2 Å². The molecule has 6 heteroatoms. The van der Waals surface area contributed by atoms with Gasteiger partial charge in [-0.05, 0) is 85.9 Å². The molecule has 5 nitrogen and oxygen atoms in total. The van der Waals surface area contributed by atoms with Crippen molar-refractivity contribution in [3.8, 4) is 0 Å². The zero-order valence-electron chi connectivity index (χ0n) is 19.6. The van der Waals surface area contributed by atoms with Gasteiger partial charge in [0.05, 0.1) is 11.6 Å². The van der Waals surface area contributed by atoms with Crippen LogP contribution in [0.15, 0.2) is 48.5 Å². The van der Waals surface area contributed by atoms with Gasteiger partial charge in [0.2, 0.25) is 0 Å². The second kappa shape index (κ2) is 9.65. The highest BCUT2D eigenvalue weighted by atomic mass is 32.1. The lowest BCUT2D eigenvalue weighted by Gasteiger charge is -2.35. The predicted octanol–water partition coefficient (Wildman–Crippen LogP) is 5.05. The summed E-state index contributed by atoms with van der Waals surface area (Å²) in [7, 11) is 0. The van der Waals surface area contributed by atoms with Crippen molar-refractivity contribution >= 4 is 39.7 Å². The van der Waals surface area contributed by atoms with Gasteiger partial charge in [-0.2, -0.15) is 0 Å². The van der Waals surface area contributed by atoms with E-state index < -0.39 is 0 Å². The van der Waals surface area contributed by atoms with Gasteiger partial charge in [-0.15, -0.1) is 0 Å². The summed E-state index contributed by atoms with van der Waals surface area (Å²) in [6.45, 7) is 9.81. The minimum Gasteiger partial charge on any atom is -0.356 e. The normalized spacial score (nSPS) is 18.7. The van der Waals surface area contributed by atoms with Crippen LogP contribution in [0.4, 0.5) is 11.5 Å². The van der Waals surface area contributed by atoms with Crippen molar-refractivity contribution < 1.29 is 0 Å². The van der Waals surface area contributed by atoms with Crippen molar-refractivity contribution in [3.05, 3.63) is 65.2 Å². The van der Waals surface area contributed by atoms with Gasteiger partial charge in [-0.3, -0.25) is 0 Å². The molecule has 2 aliphatic rings. The number of thiocarbonyl (C=S) groups is 1. The molecule has 2 heterocycles. The lowest BCUT2D eigenvalue weighted by molar-refractivity contribution is 0.270. The fraction of sp³-hybridized carbons (Fsp3) is 0.407. The minimum absolute atomic E-state index is 0.273. The molecule has 2 N–H and O–H groups in total. The number of nitrogens with zero attached hydrogens (tertiary/aromatic N) is 3. The molecule has 5 rings (SSSR count). The molecule has 0 saturated carbocycles. The van der Waals surface area contributed by atoms with Crippen molar-refractivity contribution in [1.29, 1.82) is 0 Å². The first-order valence-corrected chi connectivity index (χ1v) is 12.6. The summed E-state index contributed by atoms with van der Waals surface area (Å²) < 4.78 is 0. The van der Waals surface area contributed by atoms with Crippen molar-refractivity contribution in [2.75, 3.05) is 42.9 Å². The van der Waals surface area contributed by atoms with Crippen molar-refractivity contribution in [2.24, 2.45) is 0 Å². The maximum atomic E-state index is 5.68. The maximum Gasteiger partial charge on any atom is 0.171 e. The molecule has 0 amide bonds. The molecule has 2 aromatic carbocycles. The average molecular weight is 460 g/mol. The molecule has 33 heavy (non-hydrogen) atoms. The minimum atomic E-state index is 0.273. The highest BCUT2D eigenvalue weighted by Crippen LogP contribution is 2.30. The number of aryl methyl sites for hydroxylation is 2. The summed E-state index contributed by atoms with van der Waals surface area (Å²) in [5.41, 5.74) is 6.09. The van der Waals surface area contributed by atoms with E-state index in [1.807, 2.05) is 0 Å². The molecule has 172 valence electrons. The van der Waals surface area contributed by atoms with E-state index in [0.717, 1.165) is 62.6 Å². The van der Waals surface area contributed by atoms with Crippen LogP contribution >= 0.6 is 12.2 Å². The number of rotatable bonds is 4. The molecule has 1 aliphatic heterocycles. The van der Waals surface area contributed by atoms with E-state index >= 15 is 0 Å². The standard InChI is InChI=1S/C27H33N5S/c1-3-31-13-15-32(16-14-31)26-17-19(2)23-18-21(11-12-25(23)29-26)28-27(33)30-24-10-6-8-20-7-4-5-9-22(20)24/h4-5,7,9,11-12,17-18,24H,3,6,8,10,13-16H2,1-2H3,(H2,28,30,33). The maximum absolute atomic E-state index is 5.68. The Morgan fingerprint density at radius 2 is 1.91 bits per heavy atom. The van der Waals surface area contributed by atoms with Gasteiger partial charge in [0.1, 0.15) is 5.82 Å². The highest BCUT2D eigenvalue weighted by molar-refractivity contribution is 7.80. The van der Waals surface area contributed by atoms with Gasteiger partial charge in [0, 0.05) is 37.3 Å². The molecule has 0 radical (unpaired) electrons. The van der Waals surface area contributed by atoms with Crippen molar-refractivity contribution in [1.82, 2.24) is 15.2 Å². The zero-order chi connectivity index (χ0) is 22.8. The zero-order valence-corrected chi connectivity index (χ0v) is 20.4. The number of fused-ring (bicyclic) bond motifs is 2. The Kier molecular flexibility index (Phi) is 6.47. The third kappa shape index (κ3) is 4.82. The molecule has 1 aromatic heterocycles. The van der Waals surface area contributed by atoms with Crippen LogP contribution in [0.2, 0.25) is 0 Å². The highest BCUT2D eigenvalue weighted by Gasteiger charge is 2.21. The molecule has 0 spiro atoms. The number of hydrogen-bond acceptors (Lipinski definition) is 4. The molecule has 3 aromatic rings. The van der Waals surface area contributed by atoms with E-state index in [4.69, 9.17) is 17.2 Å². The lowest BCUT2D eigenvalue weighted by atomic mass is 9.88. The van der Waals surface area contributed by atoms with Gasteiger partial charge in [0.25, 0.3) is 0 Å². The third-order valence-corrected chi connectivity index (χ3v) is 7.30. The SMILES string of the molecule is CCN1CCN(c2cc(C)c3cc(NC(=S)NC4CCCc5ccccc54)ccc3n2)CC1. The fourth-order valence-corrected chi connectivity index (χ4v) is 5.40. The number of likely N-dealkylation sites (N-methyl/N-ethyl adjacent to an activating group) is 1. The Bertz CT molecular complexity index is 1150. The van der Waals surface area contributed by atoms with Gasteiger partial charge < -0.3 is 20.4 Å². The summed E-state index contributed by atoms with van der Waals surface area (Å²) in [5.74, 6) is 1.09. The Hall–Kier alpha value is -2.70. The number of hydrogen-bond donors (Lipinski definition) is 2. The largest absolute Gasteiger partial charge is 0.356 e. The van der Waals surface area contributed by atoms with Crippen LogP contribution in [0.1, 0.15) is 42.5 Å². The van der Waals surface area contributed by atoms with Crippen LogP contribution in [0.3, 0.4) is 0 Å². The van der Waals surface area contributed by atoms with E-state index in [9.17, 15) is 0 Å². The topological polar surface area (TPSA) is 43.4 Å². The monoisotopic (exact) mass is 459 g/mol. The summed E-state index contributed by atoms with van der Waals surface area (Å²) in [6.07, 6.45) is 3.45. The Labute approximate surface area is 202 Å². The number of anilines is 2. The van der Waals surface area contributed by atoms with Gasteiger partial charge in [0.15, 0.2) is 5.11 Å². The summed E-state index contributed by atoms with van der Waals surface area (Å²) >= 11 is 5.68. The smallest absolute Gasteiger partial charge is 0.171 e. The van der Waals surface area contributed by atoms with Crippen molar-refractivity contribution in [2.45, 2.75) is 39.2 Å². The fourth-order valence-electron chi connectivity index (χ4n) is 5.14. The molecule has 1 fully saturated rings. The summed E-state index contributed by atoms with van der Waals surface area (Å²) in [6, 6.07) is 17.5. The first-order valence-electron chi connectivity index (χ1n) is 12.1. The molecule has 1 saturated heterocycles. The van der Waals surface area contributed by atoms with E-state index in [1.54, 1.807) is 0 Å². The van der Waals surface area contributed by atoms with Crippen LogP contribution in [-0.2, 0) is 6.42 Å². The second-order valence-corrected chi connectivity index (χ2v) is 9.60. The Morgan fingerprint density at radius 1 is 1.09 bits per heavy atom. The van der Waals surface area contributed by atoms with E-state index in [-0.39, 0.29) is 6.04 Å². The van der Waals surface area contributed by atoms with E-state index in [1.165, 1.54) is 28.5 Å². The van der Waals surface area contributed by atoms with E-state index in [0.29, 0.717) is 5.11 Å². The number of aromatic nitrogens is 1. The molecular weight excluding hydrogens is 426 g/mol. The quantitative estimate of drug-likeness (QED) is 0.533. The van der Waals surface area contributed by atoms with Crippen LogP contribution in [0.25, 0.3) is 10.9 Å². The summed E-state index contributed by atoms with van der Waals surface area (Å²) in [5, 5.41) is 8.79. The van der Waals surface area contributed by atoms with E-state index in [2.05, 4.69) is 82.8 Å². The predicted molar refractivity (Wildman–Crippen MR) is 142 cm³/mol. The molecule has 1 unspecified atom stereocenters. The van der Waals surface area contributed by atoms with Crippen LogP contribution in [-0.4, -0.2) is 47.7 Å². The third-order valence-electron chi connectivity index (χ3n) is 7.08. The van der Waals surface area contributed by atoms with Crippen molar-refractivity contribution in [3.63, 3.8) is 0 Å². The summed E-state index contributed by atoms with van der Waals surface area (Å²) in [4.78, 5) is 9.88. The molecular formula is C27H33N5S. The molecule has 0 bridgehead atoms. The number of benzene rings is 2. The average Bonchev–Trinajstić information content (AvgIpc) is 2.84. The first kappa shape index (κ1) is 22.1. The molecule has 1 atom stereocenters. The second-order valence-electron chi connectivity index (χ2n) is 9.19. The van der Waals surface area contributed by atoms with Gasteiger partial charge >= 0.3 is 0 Å². The number of piperazine rings is 1. The van der Waals surface area contributed by atoms with Crippen LogP contribution in [0, 0.1) is 6.92 Å². The Balaban J connectivity index is 1.29. The van der Waals surface area contributed by atoms with Crippen LogP contribution < -0.4 is 15.5 Å². The van der Waals surface area contributed by atoms with Crippen LogP contribution in [0.5, 0.6) is 0 Å². The number of nitrogens with one attached hydrogen (secondary N) is 2. The lowest BCUT2D eigenvalue weighted by Crippen LogP contribution is -2.46. The first-order chi connectivity index (χ1) is 16.1. The Morgan fingerprint density at radius 3 is 2.73 bits per heavy atom. The molecule has 1 aliphatic carbocycles. The van der Waals surface area contributed by atoms with Gasteiger partial charge in [-0.25, -0.2) is 4.98 Å².